The molecular weight excluding hydrogens is 284 g/mol. The lowest BCUT2D eigenvalue weighted by molar-refractivity contribution is 0.0237. The van der Waals surface area contributed by atoms with E-state index in [2.05, 4.69) is 65.6 Å². The van der Waals surface area contributed by atoms with Crippen molar-refractivity contribution in [3.8, 4) is 0 Å². The molecule has 3 rings (SSSR count). The van der Waals surface area contributed by atoms with Crippen molar-refractivity contribution in [2.24, 2.45) is 5.73 Å². The molecule has 23 heavy (non-hydrogen) atoms. The van der Waals surface area contributed by atoms with Crippen LogP contribution >= 0.6 is 0 Å². The third-order valence-corrected chi connectivity index (χ3v) is 4.42. The first kappa shape index (κ1) is 16.2. The van der Waals surface area contributed by atoms with Gasteiger partial charge in [0.05, 0.1) is 12.2 Å². The highest BCUT2D eigenvalue weighted by Crippen LogP contribution is 2.21. The van der Waals surface area contributed by atoms with Crippen LogP contribution in [0.4, 0.5) is 0 Å². The van der Waals surface area contributed by atoms with E-state index < -0.39 is 0 Å². The molecule has 2 atom stereocenters. The van der Waals surface area contributed by atoms with Crippen molar-refractivity contribution >= 4 is 0 Å². The molecule has 1 heterocycles. The Morgan fingerprint density at radius 3 is 1.83 bits per heavy atom. The summed E-state index contributed by atoms with van der Waals surface area (Å²) in [5.74, 6) is 0. The van der Waals surface area contributed by atoms with Gasteiger partial charge in [-0.15, -0.1) is 0 Å². The highest BCUT2D eigenvalue weighted by Gasteiger charge is 2.26. The van der Waals surface area contributed by atoms with Crippen molar-refractivity contribution in [3.63, 3.8) is 0 Å². The van der Waals surface area contributed by atoms with E-state index in [9.17, 15) is 0 Å². The van der Waals surface area contributed by atoms with Gasteiger partial charge in [0.25, 0.3) is 0 Å². The van der Waals surface area contributed by atoms with Crippen molar-refractivity contribution in [3.05, 3.63) is 71.8 Å². The second-order valence-electron chi connectivity index (χ2n) is 6.33. The minimum atomic E-state index is 0.246. The van der Waals surface area contributed by atoms with Gasteiger partial charge in [-0.1, -0.05) is 60.7 Å². The van der Waals surface area contributed by atoms with Crippen LogP contribution in [-0.4, -0.2) is 30.2 Å². The van der Waals surface area contributed by atoms with Gasteiger partial charge in [-0.3, -0.25) is 4.90 Å². The summed E-state index contributed by atoms with van der Waals surface area (Å²) in [5, 5.41) is 0. The molecule has 2 unspecified atom stereocenters. The quantitative estimate of drug-likeness (QED) is 0.853. The molecule has 0 aliphatic carbocycles. The van der Waals surface area contributed by atoms with E-state index in [0.29, 0.717) is 12.6 Å². The minimum Gasteiger partial charge on any atom is -0.372 e. The molecule has 0 amide bonds. The summed E-state index contributed by atoms with van der Waals surface area (Å²) >= 11 is 0. The van der Waals surface area contributed by atoms with Gasteiger partial charge >= 0.3 is 0 Å². The average molecular weight is 310 g/mol. The summed E-state index contributed by atoms with van der Waals surface area (Å²) in [7, 11) is 0. The fraction of sp³-hybridized carbons (Fsp3) is 0.400. The molecule has 3 nitrogen and oxygen atoms in total. The lowest BCUT2D eigenvalue weighted by Crippen LogP contribution is -2.32. The lowest BCUT2D eigenvalue weighted by atomic mass is 10.1. The van der Waals surface area contributed by atoms with Gasteiger partial charge in [0, 0.05) is 26.2 Å². The third kappa shape index (κ3) is 4.90. The van der Waals surface area contributed by atoms with Gasteiger partial charge < -0.3 is 10.5 Å². The first-order valence-corrected chi connectivity index (χ1v) is 8.49. The van der Waals surface area contributed by atoms with Crippen LogP contribution in [0.15, 0.2) is 60.7 Å². The summed E-state index contributed by atoms with van der Waals surface area (Å²) in [6, 6.07) is 21.3. The molecule has 2 aromatic carbocycles. The number of ether oxygens (including phenoxy) is 1. The SMILES string of the molecule is NCC1CCC(CN(Cc2ccccc2)Cc2ccccc2)O1. The average Bonchev–Trinajstić information content (AvgIpc) is 3.04. The Balaban J connectivity index is 1.65. The highest BCUT2D eigenvalue weighted by molar-refractivity contribution is 5.17. The molecule has 0 aromatic heterocycles. The van der Waals surface area contributed by atoms with E-state index >= 15 is 0 Å². The van der Waals surface area contributed by atoms with Gasteiger partial charge in [-0.25, -0.2) is 0 Å². The number of benzene rings is 2. The molecule has 122 valence electrons. The normalized spacial score (nSPS) is 21.0. The molecule has 2 aromatic rings. The van der Waals surface area contributed by atoms with Crippen LogP contribution < -0.4 is 5.73 Å². The van der Waals surface area contributed by atoms with E-state index in [1.54, 1.807) is 0 Å². The van der Waals surface area contributed by atoms with Crippen molar-refractivity contribution < 1.29 is 4.74 Å². The monoisotopic (exact) mass is 310 g/mol. The first-order valence-electron chi connectivity index (χ1n) is 8.49. The largest absolute Gasteiger partial charge is 0.372 e. The smallest absolute Gasteiger partial charge is 0.0707 e. The highest BCUT2D eigenvalue weighted by atomic mass is 16.5. The van der Waals surface area contributed by atoms with Crippen LogP contribution in [0.1, 0.15) is 24.0 Å². The molecule has 1 fully saturated rings. The Bertz CT molecular complexity index is 531. The Morgan fingerprint density at radius 1 is 0.826 bits per heavy atom. The van der Waals surface area contributed by atoms with Gasteiger partial charge in [-0.05, 0) is 24.0 Å². The first-order chi connectivity index (χ1) is 11.3. The summed E-state index contributed by atoms with van der Waals surface area (Å²) in [5.41, 5.74) is 8.42. The van der Waals surface area contributed by atoms with Gasteiger partial charge in [-0.2, -0.15) is 0 Å². The Kier molecular flexibility index (Phi) is 5.81. The molecule has 3 heteroatoms. The Hall–Kier alpha value is -1.68. The molecule has 1 saturated heterocycles. The predicted molar refractivity (Wildman–Crippen MR) is 93.9 cm³/mol. The lowest BCUT2D eigenvalue weighted by Gasteiger charge is -2.26. The second kappa shape index (κ2) is 8.25. The van der Waals surface area contributed by atoms with Crippen molar-refractivity contribution in [1.82, 2.24) is 4.90 Å². The zero-order chi connectivity index (χ0) is 15.9. The zero-order valence-corrected chi connectivity index (χ0v) is 13.6. The fourth-order valence-corrected chi connectivity index (χ4v) is 3.24. The predicted octanol–water partition coefficient (Wildman–Crippen LogP) is 3.20. The number of nitrogens with two attached hydrogens (primary N) is 1. The Labute approximate surface area is 139 Å². The Morgan fingerprint density at radius 2 is 1.35 bits per heavy atom. The summed E-state index contributed by atoms with van der Waals surface area (Å²) < 4.78 is 6.05. The van der Waals surface area contributed by atoms with E-state index in [0.717, 1.165) is 32.5 Å². The van der Waals surface area contributed by atoms with E-state index in [1.807, 2.05) is 0 Å². The van der Waals surface area contributed by atoms with Crippen LogP contribution in [0.3, 0.4) is 0 Å². The van der Waals surface area contributed by atoms with Crippen LogP contribution in [0.5, 0.6) is 0 Å². The van der Waals surface area contributed by atoms with Gasteiger partial charge in [0.1, 0.15) is 0 Å². The zero-order valence-electron chi connectivity index (χ0n) is 13.6. The maximum atomic E-state index is 6.05. The standard InChI is InChI=1S/C20H26N2O/c21-13-19-11-12-20(23-19)16-22(14-17-7-3-1-4-8-17)15-18-9-5-2-6-10-18/h1-10,19-20H,11-16,21H2. The summed E-state index contributed by atoms with van der Waals surface area (Å²) in [6.45, 7) is 3.49. The molecule has 1 aliphatic heterocycles. The third-order valence-electron chi connectivity index (χ3n) is 4.42. The fourth-order valence-electron chi connectivity index (χ4n) is 3.24. The van der Waals surface area contributed by atoms with Crippen LogP contribution in [0.25, 0.3) is 0 Å². The molecule has 0 spiro atoms. The minimum absolute atomic E-state index is 0.246. The van der Waals surface area contributed by atoms with Crippen LogP contribution in [0, 0.1) is 0 Å². The maximum absolute atomic E-state index is 6.05. The molecule has 0 radical (unpaired) electrons. The topological polar surface area (TPSA) is 38.5 Å². The van der Waals surface area contributed by atoms with E-state index in [1.165, 1.54) is 11.1 Å². The van der Waals surface area contributed by atoms with E-state index in [4.69, 9.17) is 10.5 Å². The van der Waals surface area contributed by atoms with Crippen molar-refractivity contribution in [2.75, 3.05) is 13.1 Å². The molecule has 1 aliphatic rings. The number of hydrogen-bond acceptors (Lipinski definition) is 3. The van der Waals surface area contributed by atoms with E-state index in [-0.39, 0.29) is 6.10 Å². The number of hydrogen-bond donors (Lipinski definition) is 1. The van der Waals surface area contributed by atoms with Gasteiger partial charge in [0.15, 0.2) is 0 Å². The van der Waals surface area contributed by atoms with Crippen molar-refractivity contribution in [1.29, 1.82) is 0 Å². The summed E-state index contributed by atoms with van der Waals surface area (Å²) in [4.78, 5) is 2.48. The molecule has 0 saturated carbocycles. The van der Waals surface area contributed by atoms with Crippen LogP contribution in [0.2, 0.25) is 0 Å². The number of nitrogens with zero attached hydrogens (tertiary/aromatic N) is 1. The van der Waals surface area contributed by atoms with Crippen LogP contribution in [-0.2, 0) is 17.8 Å². The summed E-state index contributed by atoms with van der Waals surface area (Å²) in [6.07, 6.45) is 2.75. The molecule has 2 N–H and O–H groups in total. The number of rotatable bonds is 7. The molecular formula is C20H26N2O. The van der Waals surface area contributed by atoms with Crippen molar-refractivity contribution in [2.45, 2.75) is 38.1 Å². The maximum Gasteiger partial charge on any atom is 0.0707 e. The molecule has 0 bridgehead atoms. The van der Waals surface area contributed by atoms with Gasteiger partial charge in [0.2, 0.25) is 0 Å². The second-order valence-corrected chi connectivity index (χ2v) is 6.33.